The first kappa shape index (κ1) is 19.3. The first-order valence-corrected chi connectivity index (χ1v) is 9.87. The number of carbonyl (C=O) groups is 1. The average Bonchev–Trinajstić information content (AvgIpc) is 3.14. The number of aromatic nitrogens is 1. The second-order valence-corrected chi connectivity index (χ2v) is 7.20. The molecule has 1 aromatic carbocycles. The van der Waals surface area contributed by atoms with E-state index in [1.54, 1.807) is 6.07 Å². The Morgan fingerprint density at radius 1 is 1.41 bits per heavy atom. The molecule has 0 spiro atoms. The number of carbonyl (C=O) groups excluding carboxylic acids is 1. The van der Waals surface area contributed by atoms with E-state index in [9.17, 15) is 9.90 Å². The van der Waals surface area contributed by atoms with Gasteiger partial charge >= 0.3 is 0 Å². The molecule has 1 aliphatic heterocycles. The molecule has 1 amide bonds. The number of phenolic OH excluding ortho intramolecular Hbond substituents is 1. The normalized spacial score (nSPS) is 15.0. The van der Waals surface area contributed by atoms with Crippen LogP contribution >= 0.6 is 11.3 Å². The van der Waals surface area contributed by atoms with Gasteiger partial charge in [0.15, 0.2) is 5.13 Å². The van der Waals surface area contributed by atoms with Gasteiger partial charge in [0.1, 0.15) is 5.75 Å². The van der Waals surface area contributed by atoms with Crippen LogP contribution in [-0.4, -0.2) is 48.0 Å². The van der Waals surface area contributed by atoms with Crippen molar-refractivity contribution in [1.82, 2.24) is 10.4 Å². The van der Waals surface area contributed by atoms with E-state index in [0.717, 1.165) is 29.5 Å². The number of amides is 1. The molecule has 1 aromatic heterocycles. The van der Waals surface area contributed by atoms with E-state index in [0.29, 0.717) is 30.9 Å². The van der Waals surface area contributed by atoms with Crippen molar-refractivity contribution in [3.05, 3.63) is 40.4 Å². The minimum atomic E-state index is -0.230. The highest BCUT2D eigenvalue weighted by Crippen LogP contribution is 2.22. The van der Waals surface area contributed by atoms with Gasteiger partial charge in [0.25, 0.3) is 0 Å². The molecule has 2 aromatic rings. The topological polar surface area (TPSA) is 87.1 Å². The van der Waals surface area contributed by atoms with Crippen LogP contribution in [0, 0.1) is 6.92 Å². The molecular formula is C19H24N4O3S. The minimum Gasteiger partial charge on any atom is -0.507 e. The number of aromatic hydroxyl groups is 1. The zero-order valence-corrected chi connectivity index (χ0v) is 16.4. The fourth-order valence-corrected chi connectivity index (χ4v) is 3.70. The Morgan fingerprint density at radius 2 is 2.19 bits per heavy atom. The van der Waals surface area contributed by atoms with Crippen molar-refractivity contribution in [2.45, 2.75) is 26.7 Å². The van der Waals surface area contributed by atoms with E-state index in [1.807, 2.05) is 31.4 Å². The number of morpholine rings is 1. The van der Waals surface area contributed by atoms with Crippen LogP contribution in [0.25, 0.3) is 0 Å². The van der Waals surface area contributed by atoms with Gasteiger partial charge in [-0.1, -0.05) is 18.6 Å². The number of benzene rings is 1. The van der Waals surface area contributed by atoms with Crippen molar-refractivity contribution in [1.29, 1.82) is 0 Å². The zero-order valence-electron chi connectivity index (χ0n) is 15.6. The number of hydrogen-bond donors (Lipinski definition) is 2. The summed E-state index contributed by atoms with van der Waals surface area (Å²) in [7, 11) is 0. The molecule has 0 aliphatic carbocycles. The summed E-state index contributed by atoms with van der Waals surface area (Å²) in [5, 5.41) is 17.1. The van der Waals surface area contributed by atoms with Crippen molar-refractivity contribution >= 4 is 28.1 Å². The third-order valence-electron chi connectivity index (χ3n) is 4.28. The maximum atomic E-state index is 12.3. The van der Waals surface area contributed by atoms with Gasteiger partial charge in [-0.05, 0) is 25.5 Å². The number of hydrazone groups is 1. The molecule has 0 radical (unpaired) electrons. The van der Waals surface area contributed by atoms with E-state index in [1.165, 1.54) is 11.3 Å². The van der Waals surface area contributed by atoms with Crippen molar-refractivity contribution in [2.24, 2.45) is 5.10 Å². The summed E-state index contributed by atoms with van der Waals surface area (Å²) in [6.07, 6.45) is 0.760. The Morgan fingerprint density at radius 3 is 2.93 bits per heavy atom. The second kappa shape index (κ2) is 8.96. The highest BCUT2D eigenvalue weighted by Gasteiger charge is 2.16. The molecule has 1 aliphatic rings. The largest absolute Gasteiger partial charge is 0.507 e. The Balaban J connectivity index is 1.62. The van der Waals surface area contributed by atoms with Gasteiger partial charge in [0.05, 0.1) is 31.0 Å². The first-order valence-electron chi connectivity index (χ1n) is 8.99. The summed E-state index contributed by atoms with van der Waals surface area (Å²) in [5.74, 6) is -0.0722. The number of phenols is 1. The molecule has 0 bridgehead atoms. The summed E-state index contributed by atoms with van der Waals surface area (Å²) in [4.78, 5) is 19.0. The number of rotatable bonds is 6. The molecule has 0 unspecified atom stereocenters. The Kier molecular flexibility index (Phi) is 6.41. The average molecular weight is 388 g/mol. The SMILES string of the molecule is CC/C(=N\NC(=O)Cc1csc(N2CCOCC2)n1)c1cc(C)ccc1O. The quantitative estimate of drug-likeness (QED) is 0.586. The molecule has 1 fully saturated rings. The molecule has 7 nitrogen and oxygen atoms in total. The van der Waals surface area contributed by atoms with Gasteiger partial charge in [0, 0.05) is 24.0 Å². The first-order chi connectivity index (χ1) is 13.1. The third kappa shape index (κ3) is 5.05. The summed E-state index contributed by atoms with van der Waals surface area (Å²) >= 11 is 1.54. The molecule has 1 saturated heterocycles. The van der Waals surface area contributed by atoms with E-state index in [2.05, 4.69) is 20.4 Å². The van der Waals surface area contributed by atoms with Crippen LogP contribution in [0.5, 0.6) is 5.75 Å². The number of nitrogens with zero attached hydrogens (tertiary/aromatic N) is 3. The van der Waals surface area contributed by atoms with Gasteiger partial charge in [-0.2, -0.15) is 5.10 Å². The second-order valence-electron chi connectivity index (χ2n) is 6.37. The van der Waals surface area contributed by atoms with Crippen molar-refractivity contribution in [3.8, 4) is 5.75 Å². The number of hydrogen-bond acceptors (Lipinski definition) is 7. The van der Waals surface area contributed by atoms with Gasteiger partial charge in [-0.3, -0.25) is 4.79 Å². The van der Waals surface area contributed by atoms with Crippen LogP contribution in [-0.2, 0) is 16.0 Å². The summed E-state index contributed by atoms with van der Waals surface area (Å²) < 4.78 is 5.35. The molecule has 2 N–H and O–H groups in total. The van der Waals surface area contributed by atoms with Crippen molar-refractivity contribution in [2.75, 3.05) is 31.2 Å². The number of thiazole rings is 1. The fourth-order valence-electron chi connectivity index (χ4n) is 2.82. The molecular weight excluding hydrogens is 364 g/mol. The molecule has 8 heteroatoms. The third-order valence-corrected chi connectivity index (χ3v) is 5.23. The summed E-state index contributed by atoms with van der Waals surface area (Å²) in [5.41, 5.74) is 5.61. The van der Waals surface area contributed by atoms with E-state index in [4.69, 9.17) is 4.74 Å². The van der Waals surface area contributed by atoms with E-state index < -0.39 is 0 Å². The lowest BCUT2D eigenvalue weighted by Crippen LogP contribution is -2.36. The lowest BCUT2D eigenvalue weighted by atomic mass is 10.0. The van der Waals surface area contributed by atoms with Gasteiger partial charge in [-0.25, -0.2) is 10.4 Å². The number of ether oxygens (including phenoxy) is 1. The Labute approximate surface area is 162 Å². The predicted octanol–water partition coefficient (Wildman–Crippen LogP) is 2.47. The molecule has 144 valence electrons. The molecule has 3 rings (SSSR count). The van der Waals surface area contributed by atoms with Crippen LogP contribution in [0.3, 0.4) is 0 Å². The number of aryl methyl sites for hydroxylation is 1. The van der Waals surface area contributed by atoms with Crippen molar-refractivity contribution < 1.29 is 14.6 Å². The van der Waals surface area contributed by atoms with Gasteiger partial charge < -0.3 is 14.7 Å². The highest BCUT2D eigenvalue weighted by atomic mass is 32.1. The predicted molar refractivity (Wildman–Crippen MR) is 107 cm³/mol. The highest BCUT2D eigenvalue weighted by molar-refractivity contribution is 7.13. The monoisotopic (exact) mass is 388 g/mol. The number of nitrogens with one attached hydrogen (secondary N) is 1. The van der Waals surface area contributed by atoms with Crippen LogP contribution < -0.4 is 10.3 Å². The molecule has 0 saturated carbocycles. The smallest absolute Gasteiger partial charge is 0.246 e. The molecule has 2 heterocycles. The maximum Gasteiger partial charge on any atom is 0.246 e. The molecule has 0 atom stereocenters. The standard InChI is InChI=1S/C19H24N4O3S/c1-3-16(15-10-13(2)4-5-17(15)24)21-22-18(25)11-14-12-27-19(20-14)23-6-8-26-9-7-23/h4-5,10,12,24H,3,6-9,11H2,1-2H3,(H,22,25)/b21-16+. The number of anilines is 1. The van der Waals surface area contributed by atoms with Crippen LogP contribution in [0.2, 0.25) is 0 Å². The molecule has 27 heavy (non-hydrogen) atoms. The van der Waals surface area contributed by atoms with Crippen molar-refractivity contribution in [3.63, 3.8) is 0 Å². The van der Waals surface area contributed by atoms with Crippen LogP contribution in [0.15, 0.2) is 28.7 Å². The maximum absolute atomic E-state index is 12.3. The van der Waals surface area contributed by atoms with Crippen LogP contribution in [0.1, 0.15) is 30.2 Å². The summed E-state index contributed by atoms with van der Waals surface area (Å²) in [6.45, 7) is 6.93. The summed E-state index contributed by atoms with van der Waals surface area (Å²) in [6, 6.07) is 5.33. The van der Waals surface area contributed by atoms with Crippen LogP contribution in [0.4, 0.5) is 5.13 Å². The Hall–Kier alpha value is -2.45. The van der Waals surface area contributed by atoms with Gasteiger partial charge in [0.2, 0.25) is 5.91 Å². The minimum absolute atomic E-state index is 0.158. The Bertz CT molecular complexity index is 828. The zero-order chi connectivity index (χ0) is 19.2. The lowest BCUT2D eigenvalue weighted by molar-refractivity contribution is -0.120. The van der Waals surface area contributed by atoms with E-state index >= 15 is 0 Å². The fraction of sp³-hybridized carbons (Fsp3) is 0.421. The van der Waals surface area contributed by atoms with E-state index in [-0.39, 0.29) is 18.1 Å². The lowest BCUT2D eigenvalue weighted by Gasteiger charge is -2.26. The van der Waals surface area contributed by atoms with Gasteiger partial charge in [-0.15, -0.1) is 11.3 Å².